The molecular weight excluding hydrogens is 532 g/mol. The Hall–Kier alpha value is -1.88. The summed E-state index contributed by atoms with van der Waals surface area (Å²) in [7, 11) is 0. The number of fused-ring (bicyclic) bond motifs is 1. The third kappa shape index (κ3) is 5.13. The first-order chi connectivity index (χ1) is 15.2. The number of rotatable bonds is 3. The van der Waals surface area contributed by atoms with Crippen LogP contribution in [0.15, 0.2) is 10.5 Å². The van der Waals surface area contributed by atoms with Crippen molar-refractivity contribution in [2.75, 3.05) is 18.0 Å². The Bertz CT molecular complexity index is 1080. The van der Waals surface area contributed by atoms with Crippen LogP contribution in [0.25, 0.3) is 10.9 Å². The molecule has 0 saturated carbocycles. The van der Waals surface area contributed by atoms with Crippen molar-refractivity contribution < 1.29 is 27.1 Å². The van der Waals surface area contributed by atoms with Crippen LogP contribution in [-0.2, 0) is 10.9 Å². The smallest absolute Gasteiger partial charge is 0.417 e. The molecule has 0 aliphatic carbocycles. The molecule has 2 heterocycles. The van der Waals surface area contributed by atoms with E-state index in [9.17, 15) is 22.4 Å². The lowest BCUT2D eigenvalue weighted by molar-refractivity contribution is -0.138. The molecule has 1 aliphatic heterocycles. The van der Waals surface area contributed by atoms with Crippen LogP contribution in [0.4, 0.5) is 28.2 Å². The van der Waals surface area contributed by atoms with E-state index in [2.05, 4.69) is 25.9 Å². The molecule has 6 nitrogen and oxygen atoms in total. The summed E-state index contributed by atoms with van der Waals surface area (Å²) < 4.78 is 60.3. The van der Waals surface area contributed by atoms with Crippen LogP contribution in [0.2, 0.25) is 5.28 Å². The summed E-state index contributed by atoms with van der Waals surface area (Å²) in [6.07, 6.45) is -4.76. The van der Waals surface area contributed by atoms with Gasteiger partial charge in [-0.3, -0.25) is 0 Å². The molecular formula is C21H24BrClF4N4O2. The van der Waals surface area contributed by atoms with Crippen molar-refractivity contribution in [2.24, 2.45) is 0 Å². The number of nitrogens with zero attached hydrogens (tertiary/aromatic N) is 4. The monoisotopic (exact) mass is 554 g/mol. The van der Waals surface area contributed by atoms with E-state index in [1.165, 1.54) is 0 Å². The van der Waals surface area contributed by atoms with Gasteiger partial charge in [0.25, 0.3) is 0 Å². The van der Waals surface area contributed by atoms with Gasteiger partial charge in [-0.15, -0.1) is 0 Å². The second-order valence-electron chi connectivity index (χ2n) is 8.82. The summed E-state index contributed by atoms with van der Waals surface area (Å²) in [6, 6.07) is 0.172. The van der Waals surface area contributed by atoms with Crippen molar-refractivity contribution in [2.45, 2.75) is 64.9 Å². The van der Waals surface area contributed by atoms with Gasteiger partial charge in [0.1, 0.15) is 16.9 Å². The SMILES string of the molecule is CCN(c1nc(Cl)nc2c(F)c(Br)c(C(F)(F)F)cc12)[C@@H]1CCN(C(=O)OC(C)(C)C)[C@@H]1C. The fourth-order valence-corrected chi connectivity index (χ4v) is 4.74. The van der Waals surface area contributed by atoms with Gasteiger partial charge < -0.3 is 14.5 Å². The Morgan fingerprint density at radius 2 is 1.97 bits per heavy atom. The Labute approximate surface area is 202 Å². The summed E-state index contributed by atoms with van der Waals surface area (Å²) in [5.74, 6) is -1.09. The largest absolute Gasteiger partial charge is 0.444 e. The number of aromatic nitrogens is 2. The first-order valence-electron chi connectivity index (χ1n) is 10.3. The minimum Gasteiger partial charge on any atom is -0.444 e. The number of benzene rings is 1. The van der Waals surface area contributed by atoms with Gasteiger partial charge in [-0.2, -0.15) is 18.2 Å². The van der Waals surface area contributed by atoms with E-state index < -0.39 is 33.7 Å². The minimum atomic E-state index is -4.80. The van der Waals surface area contributed by atoms with Crippen LogP contribution in [0.5, 0.6) is 0 Å². The Morgan fingerprint density at radius 3 is 2.52 bits per heavy atom. The van der Waals surface area contributed by atoms with E-state index in [1.54, 1.807) is 37.5 Å². The number of halogens is 6. The van der Waals surface area contributed by atoms with E-state index >= 15 is 0 Å². The topological polar surface area (TPSA) is 58.6 Å². The van der Waals surface area contributed by atoms with Gasteiger partial charge in [0.15, 0.2) is 5.82 Å². The first kappa shape index (κ1) is 25.7. The number of carbonyl (C=O) groups excluding carboxylic acids is 1. The average molecular weight is 556 g/mol. The predicted molar refractivity (Wildman–Crippen MR) is 121 cm³/mol. The fourth-order valence-electron chi connectivity index (χ4n) is 4.05. The van der Waals surface area contributed by atoms with Crippen molar-refractivity contribution in [3.8, 4) is 0 Å². The number of carbonyl (C=O) groups is 1. The van der Waals surface area contributed by atoms with Gasteiger partial charge in [0.05, 0.1) is 22.1 Å². The number of hydrogen-bond acceptors (Lipinski definition) is 5. The van der Waals surface area contributed by atoms with Gasteiger partial charge in [-0.1, -0.05) is 0 Å². The standard InChI is InChI=1S/C21H24BrClF4N4O2/c1-6-30(13-7-8-31(10(13)2)19(32)33-20(3,4)5)17-11-9-12(21(25,26)27)14(22)15(24)16(11)28-18(23)29-17/h9-10,13H,6-8H2,1-5H3/t10-,13-/m1/s1. The molecule has 0 radical (unpaired) electrons. The lowest BCUT2D eigenvalue weighted by Crippen LogP contribution is -2.47. The Morgan fingerprint density at radius 1 is 1.33 bits per heavy atom. The molecule has 0 N–H and O–H groups in total. The molecule has 1 fully saturated rings. The van der Waals surface area contributed by atoms with Crippen LogP contribution in [0.3, 0.4) is 0 Å². The van der Waals surface area contributed by atoms with Crippen LogP contribution in [-0.4, -0.2) is 51.7 Å². The quantitative estimate of drug-likeness (QED) is 0.323. The first-order valence-corrected chi connectivity index (χ1v) is 11.5. The van der Waals surface area contributed by atoms with Crippen LogP contribution in [0.1, 0.15) is 46.6 Å². The number of anilines is 1. The number of amides is 1. The molecule has 1 aromatic carbocycles. The molecule has 12 heteroatoms. The maximum Gasteiger partial charge on any atom is 0.417 e. The van der Waals surface area contributed by atoms with E-state index in [1.807, 2.05) is 6.92 Å². The summed E-state index contributed by atoms with van der Waals surface area (Å²) in [5.41, 5.74) is -2.17. The lowest BCUT2D eigenvalue weighted by atomic mass is 10.1. The molecule has 1 amide bonds. The lowest BCUT2D eigenvalue weighted by Gasteiger charge is -2.35. The number of likely N-dealkylation sites (N-methyl/N-ethyl adjacent to an activating group) is 1. The molecule has 0 spiro atoms. The van der Waals surface area contributed by atoms with Gasteiger partial charge in [-0.25, -0.2) is 14.2 Å². The normalized spacial score (nSPS) is 19.3. The zero-order valence-corrected chi connectivity index (χ0v) is 21.1. The highest BCUT2D eigenvalue weighted by atomic mass is 79.9. The third-order valence-corrected chi connectivity index (χ3v) is 6.43. The molecule has 3 rings (SSSR count). The maximum atomic E-state index is 14.9. The highest BCUT2D eigenvalue weighted by Crippen LogP contribution is 2.42. The van der Waals surface area contributed by atoms with Crippen LogP contribution >= 0.6 is 27.5 Å². The van der Waals surface area contributed by atoms with Gasteiger partial charge in [-0.05, 0) is 74.6 Å². The third-order valence-electron chi connectivity index (χ3n) is 5.48. The summed E-state index contributed by atoms with van der Waals surface area (Å²) in [5, 5.41) is -0.409. The molecule has 1 aromatic heterocycles. The highest BCUT2D eigenvalue weighted by Gasteiger charge is 2.41. The number of hydrogen-bond donors (Lipinski definition) is 0. The Kier molecular flexibility index (Phi) is 7.06. The summed E-state index contributed by atoms with van der Waals surface area (Å²) in [4.78, 5) is 23.9. The van der Waals surface area contributed by atoms with E-state index in [4.69, 9.17) is 16.3 Å². The molecule has 2 aromatic rings. The number of likely N-dealkylation sites (tertiary alicyclic amines) is 1. The fraction of sp³-hybridized carbons (Fsp3) is 0.571. The van der Waals surface area contributed by atoms with Crippen molar-refractivity contribution >= 4 is 50.3 Å². The van der Waals surface area contributed by atoms with E-state index in [0.717, 1.165) is 6.07 Å². The van der Waals surface area contributed by atoms with Gasteiger partial charge in [0, 0.05) is 18.5 Å². The molecule has 182 valence electrons. The predicted octanol–water partition coefficient (Wildman–Crippen LogP) is 6.43. The summed E-state index contributed by atoms with van der Waals surface area (Å²) >= 11 is 8.73. The molecule has 0 unspecified atom stereocenters. The molecule has 2 atom stereocenters. The minimum absolute atomic E-state index is 0.0762. The van der Waals surface area contributed by atoms with E-state index in [-0.39, 0.29) is 34.1 Å². The molecule has 0 bridgehead atoms. The summed E-state index contributed by atoms with van der Waals surface area (Å²) in [6.45, 7) is 9.64. The zero-order chi connectivity index (χ0) is 24.9. The van der Waals surface area contributed by atoms with Gasteiger partial charge >= 0.3 is 12.3 Å². The maximum absolute atomic E-state index is 14.9. The number of ether oxygens (including phenoxy) is 1. The van der Waals surface area contributed by atoms with Crippen molar-refractivity contribution in [1.29, 1.82) is 0 Å². The van der Waals surface area contributed by atoms with Crippen molar-refractivity contribution in [1.82, 2.24) is 14.9 Å². The molecule has 1 aliphatic rings. The highest BCUT2D eigenvalue weighted by molar-refractivity contribution is 9.10. The van der Waals surface area contributed by atoms with Crippen molar-refractivity contribution in [3.63, 3.8) is 0 Å². The van der Waals surface area contributed by atoms with Crippen LogP contribution in [0, 0.1) is 5.82 Å². The zero-order valence-electron chi connectivity index (χ0n) is 18.7. The average Bonchev–Trinajstić information content (AvgIpc) is 3.05. The molecule has 33 heavy (non-hydrogen) atoms. The van der Waals surface area contributed by atoms with E-state index in [0.29, 0.717) is 19.5 Å². The van der Waals surface area contributed by atoms with Gasteiger partial charge in [0.2, 0.25) is 5.28 Å². The Balaban J connectivity index is 2.09. The van der Waals surface area contributed by atoms with Crippen LogP contribution < -0.4 is 4.90 Å². The van der Waals surface area contributed by atoms with Crippen molar-refractivity contribution in [3.05, 3.63) is 27.2 Å². The number of alkyl halides is 3. The second kappa shape index (κ2) is 9.05. The molecule has 1 saturated heterocycles. The second-order valence-corrected chi connectivity index (χ2v) is 9.95.